The third-order valence-corrected chi connectivity index (χ3v) is 7.20. The molecule has 1 amide bonds. The van der Waals surface area contributed by atoms with E-state index in [9.17, 15) is 14.4 Å². The summed E-state index contributed by atoms with van der Waals surface area (Å²) >= 11 is 0. The van der Waals surface area contributed by atoms with Crippen molar-refractivity contribution in [3.63, 3.8) is 0 Å². The molecular weight excluding hydrogens is 430 g/mol. The first kappa shape index (κ1) is 21.4. The van der Waals surface area contributed by atoms with Crippen molar-refractivity contribution in [1.29, 1.82) is 0 Å². The van der Waals surface area contributed by atoms with Crippen LogP contribution in [0.3, 0.4) is 0 Å². The summed E-state index contributed by atoms with van der Waals surface area (Å²) in [6, 6.07) is 3.20. The Hall–Kier alpha value is -3.49. The van der Waals surface area contributed by atoms with Crippen LogP contribution in [0, 0.1) is 0 Å². The van der Waals surface area contributed by atoms with E-state index in [1.165, 1.54) is 13.8 Å². The molecule has 0 N–H and O–H groups in total. The van der Waals surface area contributed by atoms with E-state index in [-0.39, 0.29) is 0 Å². The average molecular weight is 455 g/mol. The van der Waals surface area contributed by atoms with Crippen molar-refractivity contribution in [2.24, 2.45) is 0 Å². The van der Waals surface area contributed by atoms with Crippen LogP contribution in [0.25, 0.3) is 0 Å². The molecule has 0 saturated carbocycles. The topological polar surface area (TPSA) is 101 Å². The summed E-state index contributed by atoms with van der Waals surface area (Å²) in [5.74, 6) is 0.153. The summed E-state index contributed by atoms with van der Waals surface area (Å²) in [6.45, 7) is 6.49. The normalized spacial score (nSPS) is 32.2. The summed E-state index contributed by atoms with van der Waals surface area (Å²) in [7, 11) is 1.56. The number of methoxy groups -OCH3 is 1. The molecule has 9 nitrogen and oxygen atoms in total. The third-order valence-electron chi connectivity index (χ3n) is 7.20. The molecule has 2 aliphatic carbocycles. The Labute approximate surface area is 190 Å². The second-order valence-corrected chi connectivity index (χ2v) is 8.67. The van der Waals surface area contributed by atoms with Crippen LogP contribution in [0.15, 0.2) is 37.1 Å². The molecule has 2 aliphatic heterocycles. The van der Waals surface area contributed by atoms with Crippen molar-refractivity contribution < 1.29 is 38.1 Å². The molecule has 2 heterocycles. The minimum absolute atomic E-state index is 0.330. The Morgan fingerprint density at radius 1 is 1.24 bits per heavy atom. The van der Waals surface area contributed by atoms with Crippen molar-refractivity contribution >= 4 is 18.0 Å². The molecule has 2 bridgehead atoms. The highest BCUT2D eigenvalue weighted by Crippen LogP contribution is 2.65. The van der Waals surface area contributed by atoms with Gasteiger partial charge in [-0.2, -0.15) is 0 Å². The maximum absolute atomic E-state index is 12.9. The van der Waals surface area contributed by atoms with Crippen molar-refractivity contribution in [2.45, 2.75) is 56.0 Å². The van der Waals surface area contributed by atoms with Crippen LogP contribution >= 0.6 is 0 Å². The number of piperidine rings is 1. The number of likely N-dealkylation sites (tertiary alicyclic amines) is 1. The van der Waals surface area contributed by atoms with Gasteiger partial charge in [-0.15, -0.1) is 0 Å². The molecule has 174 valence electrons. The van der Waals surface area contributed by atoms with Crippen molar-refractivity contribution in [3.8, 4) is 11.5 Å². The number of hydrogen-bond donors (Lipinski definition) is 0. The maximum Gasteiger partial charge on any atom is 0.415 e. The largest absolute Gasteiger partial charge is 0.493 e. The lowest BCUT2D eigenvalue weighted by molar-refractivity contribution is -0.196. The average Bonchev–Trinajstić information content (AvgIpc) is 3.10. The lowest BCUT2D eigenvalue weighted by Crippen LogP contribution is -2.77. The van der Waals surface area contributed by atoms with Gasteiger partial charge >= 0.3 is 18.0 Å². The first-order valence-corrected chi connectivity index (χ1v) is 10.8. The van der Waals surface area contributed by atoms with E-state index >= 15 is 0 Å². The Bertz CT molecular complexity index is 1100. The van der Waals surface area contributed by atoms with E-state index in [0.29, 0.717) is 30.9 Å². The summed E-state index contributed by atoms with van der Waals surface area (Å²) in [5, 5.41) is 0. The van der Waals surface area contributed by atoms with Crippen LogP contribution in [-0.4, -0.2) is 60.4 Å². The fourth-order valence-electron chi connectivity index (χ4n) is 6.27. The molecule has 1 aromatic rings. The Balaban J connectivity index is 1.79. The van der Waals surface area contributed by atoms with Crippen LogP contribution in [0.4, 0.5) is 4.79 Å². The van der Waals surface area contributed by atoms with E-state index in [2.05, 4.69) is 6.58 Å². The fraction of sp³-hybridized carbons (Fsp3) is 0.458. The number of ether oxygens (including phenoxy) is 5. The Morgan fingerprint density at radius 2 is 2.03 bits per heavy atom. The zero-order chi connectivity index (χ0) is 23.5. The molecule has 9 heteroatoms. The standard InChI is InChI=1S/C24H25NO8/c1-5-30-22(28)25-11-10-23-19-15-6-7-16(29-4)20(19)32-21(23)17(31-13(2)26)8-9-24(23,18(25)12-15)33-14(3)27/h5-9,17-18,21H,1,10-12H2,2-4H3/t17-,18+,21-,23-,24+/m0/s1. The predicted molar refractivity (Wildman–Crippen MR) is 114 cm³/mol. The quantitative estimate of drug-likeness (QED) is 0.295. The van der Waals surface area contributed by atoms with Gasteiger partial charge in [-0.3, -0.25) is 9.59 Å². The predicted octanol–water partition coefficient (Wildman–Crippen LogP) is 2.41. The first-order chi connectivity index (χ1) is 15.8. The highest BCUT2D eigenvalue weighted by atomic mass is 16.6. The number of benzene rings is 1. The van der Waals surface area contributed by atoms with Gasteiger partial charge < -0.3 is 28.6 Å². The smallest absolute Gasteiger partial charge is 0.415 e. The van der Waals surface area contributed by atoms with Gasteiger partial charge in [0.15, 0.2) is 29.3 Å². The zero-order valence-electron chi connectivity index (χ0n) is 18.7. The van der Waals surface area contributed by atoms with Gasteiger partial charge in [0, 0.05) is 26.0 Å². The number of esters is 2. The lowest BCUT2D eigenvalue weighted by atomic mass is 9.50. The van der Waals surface area contributed by atoms with Gasteiger partial charge in [0.25, 0.3) is 0 Å². The van der Waals surface area contributed by atoms with E-state index in [0.717, 1.165) is 17.4 Å². The van der Waals surface area contributed by atoms with E-state index in [1.54, 1.807) is 24.2 Å². The minimum atomic E-state index is -1.25. The van der Waals surface area contributed by atoms with Crippen LogP contribution in [-0.2, 0) is 35.6 Å². The molecule has 0 aromatic heterocycles. The minimum Gasteiger partial charge on any atom is -0.493 e. The summed E-state index contributed by atoms with van der Waals surface area (Å²) in [5.41, 5.74) is -0.305. The van der Waals surface area contributed by atoms with E-state index in [4.69, 9.17) is 23.7 Å². The zero-order valence-corrected chi connectivity index (χ0v) is 18.7. The van der Waals surface area contributed by atoms with Gasteiger partial charge in [0.2, 0.25) is 0 Å². The molecular formula is C24H25NO8. The number of amides is 1. The van der Waals surface area contributed by atoms with Crippen molar-refractivity contribution in [2.75, 3.05) is 13.7 Å². The van der Waals surface area contributed by atoms with E-state index in [1.807, 2.05) is 12.1 Å². The SMILES string of the molecule is C=COC(=O)N1CC[C@]23c4c5ccc(OC)c4O[C@H]2[C@@H](OC(C)=O)C=C[C@@]3(OC(C)=O)[C@H]1C5. The molecule has 5 atom stereocenters. The second kappa shape index (κ2) is 7.26. The summed E-state index contributed by atoms with van der Waals surface area (Å²) in [6.07, 6.45) is 3.38. The Morgan fingerprint density at radius 3 is 2.70 bits per heavy atom. The number of carbonyl (C=O) groups excluding carboxylic acids is 3. The van der Waals surface area contributed by atoms with Gasteiger partial charge in [-0.05, 0) is 36.6 Å². The number of nitrogens with zero attached hydrogens (tertiary/aromatic N) is 1. The summed E-state index contributed by atoms with van der Waals surface area (Å²) in [4.78, 5) is 38.8. The molecule has 1 fully saturated rings. The summed E-state index contributed by atoms with van der Waals surface area (Å²) < 4.78 is 28.9. The van der Waals surface area contributed by atoms with Crippen LogP contribution in [0.2, 0.25) is 0 Å². The number of rotatable bonds is 4. The number of carbonyl (C=O) groups is 3. The molecule has 1 aromatic carbocycles. The molecule has 33 heavy (non-hydrogen) atoms. The van der Waals surface area contributed by atoms with Gasteiger partial charge in [-0.25, -0.2) is 4.79 Å². The van der Waals surface area contributed by atoms with Crippen LogP contribution in [0.1, 0.15) is 31.4 Å². The molecule has 1 spiro atoms. The van der Waals surface area contributed by atoms with Gasteiger partial charge in [-0.1, -0.05) is 12.6 Å². The van der Waals surface area contributed by atoms with E-state index < -0.39 is 47.3 Å². The molecule has 1 saturated heterocycles. The monoisotopic (exact) mass is 455 g/mol. The molecule has 0 unspecified atom stereocenters. The third kappa shape index (κ3) is 2.68. The molecule has 5 rings (SSSR count). The van der Waals surface area contributed by atoms with Gasteiger partial charge in [0.05, 0.1) is 24.8 Å². The Kier molecular flexibility index (Phi) is 4.70. The van der Waals surface area contributed by atoms with Crippen LogP contribution in [0.5, 0.6) is 11.5 Å². The molecule has 0 radical (unpaired) electrons. The lowest BCUT2D eigenvalue weighted by Gasteiger charge is -2.62. The number of hydrogen-bond acceptors (Lipinski definition) is 8. The molecule has 4 aliphatic rings. The van der Waals surface area contributed by atoms with Crippen molar-refractivity contribution in [1.82, 2.24) is 4.90 Å². The fourth-order valence-corrected chi connectivity index (χ4v) is 6.27. The van der Waals surface area contributed by atoms with Gasteiger partial charge in [0.1, 0.15) is 0 Å². The first-order valence-electron chi connectivity index (χ1n) is 10.8. The maximum atomic E-state index is 12.9. The van der Waals surface area contributed by atoms with Crippen molar-refractivity contribution in [3.05, 3.63) is 48.3 Å². The van der Waals surface area contributed by atoms with Crippen LogP contribution < -0.4 is 9.47 Å². The second-order valence-electron chi connectivity index (χ2n) is 8.67. The highest BCUT2D eigenvalue weighted by Gasteiger charge is 2.75. The highest BCUT2D eigenvalue weighted by molar-refractivity contribution is 5.75.